The maximum Gasteiger partial charge on any atom is 0.311 e. The number of aromatic amines is 1. The fourth-order valence-corrected chi connectivity index (χ4v) is 2.64. The first kappa shape index (κ1) is 18.0. The molecular weight excluding hydrogens is 354 g/mol. The molecule has 1 amide bonds. The van der Waals surface area contributed by atoms with Gasteiger partial charge in [-0.15, -0.1) is 0 Å². The van der Waals surface area contributed by atoms with Crippen molar-refractivity contribution in [1.29, 1.82) is 0 Å². The van der Waals surface area contributed by atoms with Crippen LogP contribution in [0.4, 0.5) is 5.69 Å². The minimum atomic E-state index is -0.497. The molecule has 126 valence electrons. The van der Waals surface area contributed by atoms with Gasteiger partial charge in [0, 0.05) is 16.8 Å². The molecule has 0 unspecified atom stereocenters. The number of carbonyl (C=O) groups excluding carboxylic acids is 2. The van der Waals surface area contributed by atoms with Crippen molar-refractivity contribution in [3.05, 3.63) is 51.4 Å². The van der Waals surface area contributed by atoms with E-state index in [4.69, 9.17) is 11.6 Å². The summed E-state index contributed by atoms with van der Waals surface area (Å²) >= 11 is 6.90. The minimum absolute atomic E-state index is 0.0388. The Balaban J connectivity index is 1.97. The highest BCUT2D eigenvalue weighted by molar-refractivity contribution is 7.99. The van der Waals surface area contributed by atoms with E-state index in [0.717, 1.165) is 11.8 Å². The third kappa shape index (κ3) is 5.71. The van der Waals surface area contributed by atoms with Crippen molar-refractivity contribution in [3.63, 3.8) is 0 Å². The Bertz CT molecular complexity index is 809. The minimum Gasteiger partial charge on any atom is -0.469 e. The zero-order valence-electron chi connectivity index (χ0n) is 12.7. The molecule has 0 spiro atoms. The van der Waals surface area contributed by atoms with Crippen molar-refractivity contribution in [1.82, 2.24) is 9.97 Å². The molecule has 0 fully saturated rings. The lowest BCUT2D eigenvalue weighted by Crippen LogP contribution is -2.16. The summed E-state index contributed by atoms with van der Waals surface area (Å²) < 4.78 is 4.54. The van der Waals surface area contributed by atoms with E-state index >= 15 is 0 Å². The highest BCUT2D eigenvalue weighted by Gasteiger charge is 2.10. The van der Waals surface area contributed by atoms with Crippen LogP contribution in [0, 0.1) is 0 Å². The summed E-state index contributed by atoms with van der Waals surface area (Å²) in [5.74, 6) is -0.733. The van der Waals surface area contributed by atoms with Gasteiger partial charge in [0.25, 0.3) is 5.56 Å². The number of esters is 1. The van der Waals surface area contributed by atoms with Crippen molar-refractivity contribution in [2.45, 2.75) is 11.6 Å². The quantitative estimate of drug-likeness (QED) is 0.459. The number of hydrogen-bond acceptors (Lipinski definition) is 6. The van der Waals surface area contributed by atoms with E-state index < -0.39 is 11.5 Å². The number of halogens is 1. The number of hydrogen-bond donors (Lipinski definition) is 2. The van der Waals surface area contributed by atoms with Crippen LogP contribution < -0.4 is 10.9 Å². The Morgan fingerprint density at radius 3 is 2.88 bits per heavy atom. The summed E-state index contributed by atoms with van der Waals surface area (Å²) in [5.41, 5.74) is 0.457. The maximum absolute atomic E-state index is 11.9. The monoisotopic (exact) mass is 367 g/mol. The normalized spacial score (nSPS) is 10.2. The molecule has 1 aromatic heterocycles. The summed E-state index contributed by atoms with van der Waals surface area (Å²) in [6, 6.07) is 7.98. The Morgan fingerprint density at radius 2 is 2.17 bits per heavy atom. The van der Waals surface area contributed by atoms with Crippen LogP contribution >= 0.6 is 23.4 Å². The van der Waals surface area contributed by atoms with Crippen molar-refractivity contribution in [2.24, 2.45) is 0 Å². The molecule has 0 atom stereocenters. The molecule has 0 aliphatic carbocycles. The molecule has 1 aromatic carbocycles. The molecule has 2 rings (SSSR count). The number of nitrogens with one attached hydrogen (secondary N) is 2. The second-order valence-corrected chi connectivity index (χ2v) is 6.04. The van der Waals surface area contributed by atoms with Crippen molar-refractivity contribution in [2.75, 3.05) is 18.2 Å². The third-order valence-electron chi connectivity index (χ3n) is 2.77. The highest BCUT2D eigenvalue weighted by Crippen LogP contribution is 2.16. The molecule has 0 radical (unpaired) electrons. The number of carbonyl (C=O) groups is 2. The van der Waals surface area contributed by atoms with Crippen LogP contribution in [0.2, 0.25) is 5.02 Å². The predicted molar refractivity (Wildman–Crippen MR) is 91.4 cm³/mol. The first-order valence-corrected chi connectivity index (χ1v) is 8.18. The fourth-order valence-electron chi connectivity index (χ4n) is 1.76. The average Bonchev–Trinajstić information content (AvgIpc) is 2.52. The van der Waals surface area contributed by atoms with E-state index in [-0.39, 0.29) is 28.9 Å². The molecule has 0 aliphatic heterocycles. The number of H-pyrrole nitrogens is 1. The third-order valence-corrected chi connectivity index (χ3v) is 3.88. The van der Waals surface area contributed by atoms with Crippen LogP contribution in [0.3, 0.4) is 0 Å². The molecule has 2 N–H and O–H groups in total. The summed E-state index contributed by atoms with van der Waals surface area (Å²) in [6.45, 7) is 0. The van der Waals surface area contributed by atoms with Crippen LogP contribution in [0.5, 0.6) is 0 Å². The number of anilines is 1. The van der Waals surface area contributed by atoms with Gasteiger partial charge in [0.1, 0.15) is 0 Å². The Morgan fingerprint density at radius 1 is 1.38 bits per heavy atom. The second kappa shape index (κ2) is 8.51. The number of methoxy groups -OCH3 is 1. The lowest BCUT2D eigenvalue weighted by Gasteiger charge is -2.06. The lowest BCUT2D eigenvalue weighted by atomic mass is 10.3. The van der Waals surface area contributed by atoms with Crippen LogP contribution in [-0.2, 0) is 20.7 Å². The molecule has 7 nitrogen and oxygen atoms in total. The molecular formula is C15H14ClN3O4S. The van der Waals surface area contributed by atoms with Gasteiger partial charge >= 0.3 is 5.97 Å². The van der Waals surface area contributed by atoms with Gasteiger partial charge in [-0.3, -0.25) is 14.4 Å². The number of amides is 1. The number of benzene rings is 1. The SMILES string of the molecule is COC(=O)Cc1cc(=O)[nH]c(SCC(=O)Nc2cccc(Cl)c2)n1. The molecule has 0 saturated heterocycles. The van der Waals surface area contributed by atoms with Crippen molar-refractivity contribution < 1.29 is 14.3 Å². The lowest BCUT2D eigenvalue weighted by molar-refractivity contribution is -0.139. The van der Waals surface area contributed by atoms with E-state index in [1.54, 1.807) is 24.3 Å². The molecule has 0 saturated carbocycles. The van der Waals surface area contributed by atoms with Crippen LogP contribution in [0.25, 0.3) is 0 Å². The highest BCUT2D eigenvalue weighted by atomic mass is 35.5. The molecule has 2 aromatic rings. The number of aromatic nitrogens is 2. The van der Waals surface area contributed by atoms with Gasteiger partial charge in [0.05, 0.1) is 25.0 Å². The zero-order valence-corrected chi connectivity index (χ0v) is 14.2. The molecule has 1 heterocycles. The van der Waals surface area contributed by atoms with Gasteiger partial charge in [-0.25, -0.2) is 4.98 Å². The zero-order chi connectivity index (χ0) is 17.5. The van der Waals surface area contributed by atoms with Crippen molar-refractivity contribution >= 4 is 40.9 Å². The summed E-state index contributed by atoms with van der Waals surface area (Å²) in [5, 5.41) is 3.45. The predicted octanol–water partition coefficient (Wildman–Crippen LogP) is 1.87. The van der Waals surface area contributed by atoms with Gasteiger partial charge in [0.2, 0.25) is 5.91 Å². The number of thioether (sulfide) groups is 1. The molecule has 24 heavy (non-hydrogen) atoms. The largest absolute Gasteiger partial charge is 0.469 e. The topological polar surface area (TPSA) is 101 Å². The average molecular weight is 368 g/mol. The van der Waals surface area contributed by atoms with E-state index in [1.807, 2.05) is 0 Å². The van der Waals surface area contributed by atoms with E-state index in [1.165, 1.54) is 13.2 Å². The van der Waals surface area contributed by atoms with Crippen LogP contribution in [0.15, 0.2) is 40.3 Å². The number of rotatable bonds is 6. The maximum atomic E-state index is 11.9. The first-order chi connectivity index (χ1) is 11.5. The first-order valence-electron chi connectivity index (χ1n) is 6.81. The Hall–Kier alpha value is -2.32. The smallest absolute Gasteiger partial charge is 0.311 e. The molecule has 9 heteroatoms. The fraction of sp³-hybridized carbons (Fsp3) is 0.200. The summed E-state index contributed by atoms with van der Waals surface area (Å²) in [4.78, 5) is 41.4. The van der Waals surface area contributed by atoms with E-state index in [0.29, 0.717) is 10.7 Å². The number of nitrogens with zero attached hydrogens (tertiary/aromatic N) is 1. The van der Waals surface area contributed by atoms with E-state index in [9.17, 15) is 14.4 Å². The summed E-state index contributed by atoms with van der Waals surface area (Å²) in [7, 11) is 1.26. The molecule has 0 bridgehead atoms. The van der Waals surface area contributed by atoms with Gasteiger partial charge in [-0.1, -0.05) is 29.4 Å². The second-order valence-electron chi connectivity index (χ2n) is 4.64. The van der Waals surface area contributed by atoms with Gasteiger partial charge in [-0.05, 0) is 18.2 Å². The summed E-state index contributed by atoms with van der Waals surface area (Å²) in [6.07, 6.45) is -0.108. The van der Waals surface area contributed by atoms with Crippen molar-refractivity contribution in [3.8, 4) is 0 Å². The van der Waals surface area contributed by atoms with Crippen LogP contribution in [-0.4, -0.2) is 34.7 Å². The number of ether oxygens (including phenoxy) is 1. The van der Waals surface area contributed by atoms with Crippen LogP contribution in [0.1, 0.15) is 5.69 Å². The standard InChI is InChI=1S/C15H14ClN3O4S/c1-23-14(22)7-11-6-12(20)19-15(18-11)24-8-13(21)17-10-4-2-3-9(16)5-10/h2-6H,7-8H2,1H3,(H,17,21)(H,18,19,20). The van der Waals surface area contributed by atoms with Gasteiger partial charge < -0.3 is 15.0 Å². The van der Waals surface area contributed by atoms with E-state index in [2.05, 4.69) is 20.0 Å². The molecule has 0 aliphatic rings. The van der Waals surface area contributed by atoms with Gasteiger partial charge in [-0.2, -0.15) is 0 Å². The Labute approximate surface area is 146 Å². The van der Waals surface area contributed by atoms with Gasteiger partial charge in [0.15, 0.2) is 5.16 Å². The Kier molecular flexibility index (Phi) is 6.39.